The lowest BCUT2D eigenvalue weighted by molar-refractivity contribution is 0.0132. The van der Waals surface area contributed by atoms with Gasteiger partial charge in [0.15, 0.2) is 5.11 Å². The van der Waals surface area contributed by atoms with E-state index in [1.807, 2.05) is 6.07 Å². The zero-order chi connectivity index (χ0) is 17.5. The summed E-state index contributed by atoms with van der Waals surface area (Å²) in [5.74, 6) is 1.53. The van der Waals surface area contributed by atoms with Crippen LogP contribution in [0.4, 0.5) is 5.69 Å². The second-order valence-electron chi connectivity index (χ2n) is 8.50. The molecule has 1 aromatic rings. The van der Waals surface area contributed by atoms with Gasteiger partial charge in [0.2, 0.25) is 0 Å². The molecule has 0 unspecified atom stereocenters. The molecule has 3 aliphatic heterocycles. The van der Waals surface area contributed by atoms with Crippen molar-refractivity contribution in [2.24, 2.45) is 11.8 Å². The van der Waals surface area contributed by atoms with Gasteiger partial charge in [-0.2, -0.15) is 0 Å². The Hall–Kier alpha value is -1.39. The van der Waals surface area contributed by atoms with E-state index in [4.69, 9.17) is 12.2 Å². The van der Waals surface area contributed by atoms with E-state index in [2.05, 4.69) is 45.5 Å². The average Bonchev–Trinajstić information content (AvgIpc) is 2.68. The van der Waals surface area contributed by atoms with Gasteiger partial charge in [-0.05, 0) is 74.8 Å². The van der Waals surface area contributed by atoms with Gasteiger partial charge in [0.25, 0.3) is 0 Å². The Morgan fingerprint density at radius 2 is 1.96 bits per heavy atom. The maximum absolute atomic E-state index is 5.86. The summed E-state index contributed by atoms with van der Waals surface area (Å²) in [4.78, 5) is 5.30. The first-order valence-electron chi connectivity index (χ1n) is 10.4. The van der Waals surface area contributed by atoms with Crippen LogP contribution in [0.5, 0.6) is 0 Å². The summed E-state index contributed by atoms with van der Waals surface area (Å²) in [6, 6.07) is 11.7. The van der Waals surface area contributed by atoms with Gasteiger partial charge in [0.05, 0.1) is 6.04 Å². The second kappa shape index (κ2) is 6.97. The van der Waals surface area contributed by atoms with Crippen molar-refractivity contribution in [2.45, 2.75) is 50.6 Å². The Balaban J connectivity index is 1.39. The third-order valence-electron chi connectivity index (χ3n) is 6.94. The molecule has 26 heavy (non-hydrogen) atoms. The fourth-order valence-electron chi connectivity index (χ4n) is 5.92. The molecule has 0 aromatic heterocycles. The molecule has 4 aliphatic rings. The molecule has 2 bridgehead atoms. The fourth-order valence-corrected chi connectivity index (χ4v) is 6.24. The summed E-state index contributed by atoms with van der Waals surface area (Å²) in [5, 5.41) is 4.40. The summed E-state index contributed by atoms with van der Waals surface area (Å²) in [6.45, 7) is 3.67. The SMILES string of the molecule is S=C(Nc1ccccc1)N1CCCC2=C[C@@H]3C[C@@H](CN4CCCC[C@H]34)[C@@H]21. The maximum Gasteiger partial charge on any atom is 0.173 e. The van der Waals surface area contributed by atoms with E-state index >= 15 is 0 Å². The quantitative estimate of drug-likeness (QED) is 0.590. The van der Waals surface area contributed by atoms with Gasteiger partial charge in [0.1, 0.15) is 0 Å². The molecule has 3 heterocycles. The molecule has 4 atom stereocenters. The Kier molecular flexibility index (Phi) is 4.49. The third kappa shape index (κ3) is 2.97. The number of thiocarbonyl (C=S) groups is 1. The molecule has 0 radical (unpaired) electrons. The summed E-state index contributed by atoms with van der Waals surface area (Å²) >= 11 is 5.86. The minimum atomic E-state index is 0.520. The van der Waals surface area contributed by atoms with Crippen molar-refractivity contribution < 1.29 is 0 Å². The van der Waals surface area contributed by atoms with E-state index in [0.717, 1.165) is 35.2 Å². The largest absolute Gasteiger partial charge is 0.342 e. The van der Waals surface area contributed by atoms with Crippen molar-refractivity contribution in [1.29, 1.82) is 0 Å². The first-order chi connectivity index (χ1) is 12.8. The molecule has 0 saturated carbocycles. The van der Waals surface area contributed by atoms with Crippen molar-refractivity contribution in [3.8, 4) is 0 Å². The van der Waals surface area contributed by atoms with E-state index in [1.54, 1.807) is 5.57 Å². The Bertz CT molecular complexity index is 701. The van der Waals surface area contributed by atoms with Crippen LogP contribution in [0.1, 0.15) is 38.5 Å². The van der Waals surface area contributed by atoms with Crippen LogP contribution < -0.4 is 5.32 Å². The summed E-state index contributed by atoms with van der Waals surface area (Å²) in [7, 11) is 0. The number of anilines is 1. The first-order valence-corrected chi connectivity index (χ1v) is 10.8. The highest BCUT2D eigenvalue weighted by atomic mass is 32.1. The number of nitrogens with zero attached hydrogens (tertiary/aromatic N) is 2. The number of likely N-dealkylation sites (tertiary alicyclic amines) is 1. The number of piperidine rings is 3. The zero-order valence-electron chi connectivity index (χ0n) is 15.4. The van der Waals surface area contributed by atoms with Crippen LogP contribution in [0.15, 0.2) is 42.0 Å². The highest BCUT2D eigenvalue weighted by molar-refractivity contribution is 7.80. The molecule has 1 N–H and O–H groups in total. The van der Waals surface area contributed by atoms with Crippen LogP contribution in [0, 0.1) is 11.8 Å². The molecule has 1 aliphatic carbocycles. The van der Waals surface area contributed by atoms with Crippen molar-refractivity contribution in [1.82, 2.24) is 9.80 Å². The molecular formula is C22H29N3S. The lowest BCUT2D eigenvalue weighted by Crippen LogP contribution is -2.60. The lowest BCUT2D eigenvalue weighted by atomic mass is 9.68. The predicted molar refractivity (Wildman–Crippen MR) is 111 cm³/mol. The maximum atomic E-state index is 5.86. The van der Waals surface area contributed by atoms with E-state index in [9.17, 15) is 0 Å². The number of hydrogen-bond acceptors (Lipinski definition) is 2. The first kappa shape index (κ1) is 16.8. The van der Waals surface area contributed by atoms with Gasteiger partial charge in [0, 0.05) is 24.8 Å². The van der Waals surface area contributed by atoms with E-state index in [-0.39, 0.29) is 0 Å². The average molecular weight is 368 g/mol. The summed E-state index contributed by atoms with van der Waals surface area (Å²) in [6.07, 6.45) is 10.7. The van der Waals surface area contributed by atoms with Gasteiger partial charge >= 0.3 is 0 Å². The molecule has 1 aromatic carbocycles. The predicted octanol–water partition coefficient (Wildman–Crippen LogP) is 4.28. The van der Waals surface area contributed by atoms with E-state index in [0.29, 0.717) is 6.04 Å². The highest BCUT2D eigenvalue weighted by Gasteiger charge is 2.46. The molecule has 3 nitrogen and oxygen atoms in total. The second-order valence-corrected chi connectivity index (χ2v) is 8.88. The van der Waals surface area contributed by atoms with Crippen LogP contribution in [0.3, 0.4) is 0 Å². The van der Waals surface area contributed by atoms with Gasteiger partial charge in [-0.25, -0.2) is 0 Å². The van der Waals surface area contributed by atoms with Gasteiger partial charge in [-0.15, -0.1) is 0 Å². The standard InChI is InChI=1S/C22H29N3S/c26-22(23-19-8-2-1-3-9-19)25-12-6-7-16-13-17-14-18(21(16)25)15-24-11-5-4-10-20(17)24/h1-3,8-9,13,17-18,20-21H,4-7,10-12,14-15H2,(H,23,26)/t17-,18+,20-,21-/m1/s1. The zero-order valence-corrected chi connectivity index (χ0v) is 16.3. The van der Waals surface area contributed by atoms with Crippen LogP contribution in [-0.4, -0.2) is 46.6 Å². The molecular weight excluding hydrogens is 338 g/mol. The van der Waals surface area contributed by atoms with Gasteiger partial charge < -0.3 is 10.2 Å². The van der Waals surface area contributed by atoms with Crippen LogP contribution in [0.2, 0.25) is 0 Å². The van der Waals surface area contributed by atoms with E-state index in [1.165, 1.54) is 51.6 Å². The third-order valence-corrected chi connectivity index (χ3v) is 7.28. The fraction of sp³-hybridized carbons (Fsp3) is 0.591. The number of benzene rings is 1. The molecule has 0 spiro atoms. The monoisotopic (exact) mass is 367 g/mol. The number of fused-ring (bicyclic) bond motifs is 6. The number of nitrogens with one attached hydrogen (secondary N) is 1. The number of hydrogen-bond donors (Lipinski definition) is 1. The lowest BCUT2D eigenvalue weighted by Gasteiger charge is -2.55. The topological polar surface area (TPSA) is 18.5 Å². The van der Waals surface area contributed by atoms with Crippen molar-refractivity contribution in [3.63, 3.8) is 0 Å². The minimum absolute atomic E-state index is 0.520. The van der Waals surface area contributed by atoms with Crippen LogP contribution in [0.25, 0.3) is 0 Å². The van der Waals surface area contributed by atoms with Crippen molar-refractivity contribution >= 4 is 23.0 Å². The van der Waals surface area contributed by atoms with E-state index < -0.39 is 0 Å². The Morgan fingerprint density at radius 1 is 1.08 bits per heavy atom. The highest BCUT2D eigenvalue weighted by Crippen LogP contribution is 2.45. The normalized spacial score (nSPS) is 33.7. The Morgan fingerprint density at radius 3 is 2.85 bits per heavy atom. The molecule has 0 amide bonds. The van der Waals surface area contributed by atoms with Crippen LogP contribution >= 0.6 is 12.2 Å². The summed E-state index contributed by atoms with van der Waals surface area (Å²) < 4.78 is 0. The van der Waals surface area contributed by atoms with Crippen molar-refractivity contribution in [2.75, 3.05) is 25.0 Å². The smallest absolute Gasteiger partial charge is 0.173 e. The molecule has 3 saturated heterocycles. The molecule has 138 valence electrons. The Labute approximate surface area is 162 Å². The van der Waals surface area contributed by atoms with Gasteiger partial charge in [-0.3, -0.25) is 4.90 Å². The van der Waals surface area contributed by atoms with Gasteiger partial charge in [-0.1, -0.05) is 36.3 Å². The molecule has 3 fully saturated rings. The molecule has 5 rings (SSSR count). The van der Waals surface area contributed by atoms with Crippen molar-refractivity contribution in [3.05, 3.63) is 42.0 Å². The number of rotatable bonds is 1. The molecule has 4 heteroatoms. The minimum Gasteiger partial charge on any atom is -0.342 e. The van der Waals surface area contributed by atoms with Crippen LogP contribution in [-0.2, 0) is 0 Å². The number of para-hydroxylation sites is 1. The summed E-state index contributed by atoms with van der Waals surface area (Å²) in [5.41, 5.74) is 2.78.